The number of thioether (sulfide) groups is 1. The van der Waals surface area contributed by atoms with Gasteiger partial charge >= 0.3 is 12.1 Å². The van der Waals surface area contributed by atoms with E-state index in [0.29, 0.717) is 56.3 Å². The number of methoxy groups -OCH3 is 2. The molecule has 0 radical (unpaired) electrons. The lowest BCUT2D eigenvalue weighted by atomic mass is 9.83. The van der Waals surface area contributed by atoms with Gasteiger partial charge in [-0.3, -0.25) is 29.3 Å². The Morgan fingerprint density at radius 3 is 2.54 bits per heavy atom. The number of aliphatic hydroxyl groups is 1. The van der Waals surface area contributed by atoms with Gasteiger partial charge in [0.25, 0.3) is 0 Å². The van der Waals surface area contributed by atoms with Crippen molar-refractivity contribution >= 4 is 64.6 Å². The summed E-state index contributed by atoms with van der Waals surface area (Å²) in [6, 6.07) is 2.46. The van der Waals surface area contributed by atoms with Crippen molar-refractivity contribution in [2.24, 2.45) is 11.8 Å². The highest BCUT2D eigenvalue weighted by atomic mass is 35.5. The van der Waals surface area contributed by atoms with Crippen LogP contribution in [-0.4, -0.2) is 167 Å². The Kier molecular flexibility index (Phi) is 22.0. The van der Waals surface area contributed by atoms with Crippen molar-refractivity contribution in [1.82, 2.24) is 15.5 Å². The lowest BCUT2D eigenvalue weighted by Gasteiger charge is -2.42. The lowest BCUT2D eigenvalue weighted by Crippen LogP contribution is -2.63. The van der Waals surface area contributed by atoms with Gasteiger partial charge in [-0.1, -0.05) is 42.3 Å². The SMILES string of the molecule is COc1cc2cc(c1Cl)N(C)C(=O)C[C@H](OC(=O)[C@H](C)N(C)C(=O)CCSCC(=O)NCCOCCOCCCC(=O)CON)[C@]1(C)O[C@H]1C(C)[C@@H]1C[C@@](O)(NC(=O)O1)[C@H](OC)/C=C/C=C(\C)C2. The van der Waals surface area contributed by atoms with Gasteiger partial charge in [0.1, 0.15) is 47.3 Å². The van der Waals surface area contributed by atoms with Gasteiger partial charge in [0.15, 0.2) is 11.5 Å². The Morgan fingerprint density at radius 1 is 1.13 bits per heavy atom. The molecule has 4 rings (SSSR count). The van der Waals surface area contributed by atoms with Crippen molar-refractivity contribution in [1.29, 1.82) is 0 Å². The molecule has 1 aromatic carbocycles. The number of nitrogens with one attached hydrogen (secondary N) is 2. The molecule has 5 N–H and O–H groups in total. The van der Waals surface area contributed by atoms with Crippen LogP contribution < -0.4 is 26.2 Å². The maximum absolute atomic E-state index is 14.3. The molecule has 0 spiro atoms. The minimum Gasteiger partial charge on any atom is -0.495 e. The number of anilines is 1. The number of ketones is 1. The predicted molar refractivity (Wildman–Crippen MR) is 252 cm³/mol. The minimum absolute atomic E-state index is 0.0247. The molecule has 3 heterocycles. The van der Waals surface area contributed by atoms with Crippen molar-refractivity contribution in [3.05, 3.63) is 46.5 Å². The van der Waals surface area contributed by atoms with E-state index in [2.05, 4.69) is 15.5 Å². The summed E-state index contributed by atoms with van der Waals surface area (Å²) in [5.74, 6) is 3.07. The van der Waals surface area contributed by atoms with Gasteiger partial charge in [-0.05, 0) is 51.3 Å². The molecule has 4 amide bonds. The molecule has 2 fully saturated rings. The molecule has 0 aliphatic carbocycles. The van der Waals surface area contributed by atoms with Crippen LogP contribution in [0.1, 0.15) is 65.4 Å². The molecule has 380 valence electrons. The highest BCUT2D eigenvalue weighted by molar-refractivity contribution is 7.99. The van der Waals surface area contributed by atoms with Crippen molar-refractivity contribution < 1.29 is 71.9 Å². The summed E-state index contributed by atoms with van der Waals surface area (Å²) in [5.41, 5.74) is -1.10. The summed E-state index contributed by atoms with van der Waals surface area (Å²) in [7, 11) is 5.91. The first-order valence-corrected chi connectivity index (χ1v) is 24.0. The van der Waals surface area contributed by atoms with Crippen LogP contribution in [0, 0.1) is 5.92 Å². The van der Waals surface area contributed by atoms with Gasteiger partial charge in [0.05, 0.1) is 50.9 Å². The van der Waals surface area contributed by atoms with Crippen molar-refractivity contribution in [3.63, 3.8) is 0 Å². The number of halogens is 1. The molecule has 8 atom stereocenters. The summed E-state index contributed by atoms with van der Waals surface area (Å²) in [6.07, 6.45) is 1.43. The first-order valence-electron chi connectivity index (χ1n) is 22.5. The van der Waals surface area contributed by atoms with Crippen LogP contribution in [0.25, 0.3) is 0 Å². The monoisotopic (exact) mass is 997 g/mol. The van der Waals surface area contributed by atoms with Crippen molar-refractivity contribution in [3.8, 4) is 5.75 Å². The first kappa shape index (κ1) is 56.3. The van der Waals surface area contributed by atoms with E-state index < -0.39 is 65.7 Å². The third-order valence-corrected chi connectivity index (χ3v) is 13.5. The number of hydrogen-bond acceptors (Lipinski definition) is 17. The topological polar surface area (TPSA) is 256 Å². The van der Waals surface area contributed by atoms with Crippen LogP contribution in [0.5, 0.6) is 5.75 Å². The summed E-state index contributed by atoms with van der Waals surface area (Å²) in [4.78, 5) is 85.1. The van der Waals surface area contributed by atoms with Crippen LogP contribution in [0.2, 0.25) is 5.02 Å². The average molecular weight is 999 g/mol. The fourth-order valence-electron chi connectivity index (χ4n) is 7.89. The molecule has 2 saturated heterocycles. The standard InChI is InChI=1S/C46H68ClN5O15S/c1-28-11-9-13-36(61-8)46(59)25-35(65-44(58)50-46)29(2)42-45(4,67-42)37(24-40(56)52(6)33-22-31(21-28)23-34(60-7)41(33)47)66-43(57)30(3)51(5)39(55)14-20-68-27-38(54)49-15-17-63-19-18-62-16-10-12-32(53)26-64-48/h9,11,13,22-23,29-30,35-37,42,59H,10,12,14-21,24-27,48H2,1-8H3,(H,49,54)(H,50,58)/b13-9+,28-11+/t29?,30-,35-,36+,37-,42-,45-,46-/m0/s1. The number of amides is 4. The fraction of sp³-hybridized carbons (Fsp3) is 0.652. The van der Waals surface area contributed by atoms with Crippen LogP contribution >= 0.6 is 23.4 Å². The Labute approximate surface area is 407 Å². The van der Waals surface area contributed by atoms with E-state index in [9.17, 15) is 33.9 Å². The normalized spacial score (nSPS) is 26.8. The Bertz CT molecular complexity index is 1990. The van der Waals surface area contributed by atoms with E-state index >= 15 is 0 Å². The number of allylic oxidation sites excluding steroid dienone is 3. The molecule has 20 nitrogen and oxygen atoms in total. The zero-order valence-electron chi connectivity index (χ0n) is 40.2. The molecule has 1 aromatic rings. The predicted octanol–water partition coefficient (Wildman–Crippen LogP) is 3.03. The molecule has 0 saturated carbocycles. The number of nitrogens with two attached hydrogens (primary N) is 1. The zero-order valence-corrected chi connectivity index (χ0v) is 41.7. The molecule has 3 aliphatic rings. The van der Waals surface area contributed by atoms with E-state index in [-0.39, 0.29) is 67.4 Å². The number of esters is 1. The lowest BCUT2D eigenvalue weighted by molar-refractivity contribution is -0.162. The number of carbonyl (C=O) groups is 6. The van der Waals surface area contributed by atoms with E-state index in [1.165, 1.54) is 49.8 Å². The first-order chi connectivity index (χ1) is 32.3. The van der Waals surface area contributed by atoms with E-state index in [4.69, 9.17) is 50.7 Å². The van der Waals surface area contributed by atoms with Gasteiger partial charge in [0.2, 0.25) is 17.7 Å². The number of fused-ring (bicyclic) bond motifs is 5. The summed E-state index contributed by atoms with van der Waals surface area (Å²) in [5, 5.41) is 17.3. The highest BCUT2D eigenvalue weighted by Crippen LogP contribution is 2.49. The average Bonchev–Trinajstić information content (AvgIpc) is 4.00. The zero-order chi connectivity index (χ0) is 50.2. The third kappa shape index (κ3) is 15.9. The second-order valence-electron chi connectivity index (χ2n) is 17.2. The van der Waals surface area contributed by atoms with E-state index in [0.717, 1.165) is 11.1 Å². The Morgan fingerprint density at radius 2 is 1.85 bits per heavy atom. The molecule has 1 unspecified atom stereocenters. The summed E-state index contributed by atoms with van der Waals surface area (Å²) in [6.45, 7) is 8.39. The third-order valence-electron chi connectivity index (χ3n) is 12.1. The van der Waals surface area contributed by atoms with Gasteiger partial charge in [-0.25, -0.2) is 15.5 Å². The molecule has 68 heavy (non-hydrogen) atoms. The molecular weight excluding hydrogens is 930 g/mol. The Hall–Kier alpha value is -4.32. The smallest absolute Gasteiger partial charge is 0.409 e. The number of rotatable bonds is 22. The van der Waals surface area contributed by atoms with Crippen LogP contribution in [-0.2, 0) is 63.7 Å². The van der Waals surface area contributed by atoms with Gasteiger partial charge in [0, 0.05) is 65.3 Å². The van der Waals surface area contributed by atoms with Gasteiger partial charge in [-0.15, -0.1) is 0 Å². The van der Waals surface area contributed by atoms with Crippen molar-refractivity contribution in [2.75, 3.05) is 84.3 Å². The van der Waals surface area contributed by atoms with Gasteiger partial charge < -0.3 is 53.4 Å². The second-order valence-corrected chi connectivity index (χ2v) is 18.7. The number of alkyl carbamates (subject to hydrolysis) is 1. The summed E-state index contributed by atoms with van der Waals surface area (Å²) >= 11 is 8.05. The number of nitrogens with zero attached hydrogens (tertiary/aromatic N) is 2. The number of Topliss-reactive ketones (excluding diaryl/α,β-unsaturated/α-hetero) is 1. The molecule has 0 aromatic heterocycles. The van der Waals surface area contributed by atoms with Crippen LogP contribution in [0.3, 0.4) is 0 Å². The maximum atomic E-state index is 14.3. The van der Waals surface area contributed by atoms with E-state index in [1.54, 1.807) is 45.2 Å². The second kappa shape index (κ2) is 26.6. The number of hydrogen-bond donors (Lipinski definition) is 4. The molecule has 3 aliphatic heterocycles. The number of likely N-dealkylation sites (N-methyl/N-ethyl adjacent to an activating group) is 1. The number of benzene rings is 1. The highest BCUT2D eigenvalue weighted by Gasteiger charge is 2.64. The molecular formula is C46H68ClN5O15S. The molecule has 22 heteroatoms. The maximum Gasteiger partial charge on any atom is 0.409 e. The number of epoxide rings is 1. The largest absolute Gasteiger partial charge is 0.495 e. The molecule has 4 bridgehead atoms. The van der Waals surface area contributed by atoms with Crippen LogP contribution in [0.4, 0.5) is 10.5 Å². The van der Waals surface area contributed by atoms with Gasteiger partial charge in [-0.2, -0.15) is 11.8 Å². The summed E-state index contributed by atoms with van der Waals surface area (Å²) < 4.78 is 40.2. The minimum atomic E-state index is -1.86. The number of carbonyl (C=O) groups excluding carboxylic acids is 6. The quantitative estimate of drug-likeness (QED) is 0.0564. The fourth-order valence-corrected chi connectivity index (χ4v) is 8.95. The number of ether oxygens (including phenoxy) is 7. The van der Waals surface area contributed by atoms with Crippen molar-refractivity contribution in [2.45, 2.75) is 108 Å². The van der Waals surface area contributed by atoms with E-state index in [1.807, 2.05) is 13.0 Å². The van der Waals surface area contributed by atoms with Crippen LogP contribution in [0.15, 0.2) is 35.9 Å². The Balaban J connectivity index is 1.39.